The molecule has 1 amide bonds. The number of thiazole rings is 1. The summed E-state index contributed by atoms with van der Waals surface area (Å²) >= 11 is 7.59. The number of halogens is 5. The van der Waals surface area contributed by atoms with Crippen molar-refractivity contribution in [2.45, 2.75) is 36.8 Å². The van der Waals surface area contributed by atoms with Crippen LogP contribution in [0, 0.1) is 11.6 Å². The van der Waals surface area contributed by atoms with E-state index in [-0.39, 0.29) is 85.8 Å². The van der Waals surface area contributed by atoms with Crippen LogP contribution in [-0.4, -0.2) is 80.9 Å². The van der Waals surface area contributed by atoms with Crippen LogP contribution in [0.25, 0.3) is 32.2 Å². The number of benzene rings is 2. The maximum Gasteiger partial charge on any atom is 0.319 e. The van der Waals surface area contributed by atoms with Gasteiger partial charge in [0.05, 0.1) is 33.4 Å². The number of nitrogens with two attached hydrogens (primary N) is 1. The van der Waals surface area contributed by atoms with Crippen molar-refractivity contribution < 1.29 is 27.1 Å². The molecular formula is C29H26ClF4N7O2S. The first-order chi connectivity index (χ1) is 21.0. The largest absolute Gasteiger partial charge is 0.461 e. The number of nitrogens with zero attached hydrogens (tertiary/aromatic N) is 5. The van der Waals surface area contributed by atoms with Crippen LogP contribution in [0.4, 0.5) is 28.5 Å². The molecule has 1 unspecified atom stereocenters. The van der Waals surface area contributed by atoms with Crippen LogP contribution in [0.5, 0.6) is 6.01 Å². The second-order valence-electron chi connectivity index (χ2n) is 11.5. The van der Waals surface area contributed by atoms with Gasteiger partial charge in [-0.15, -0.1) is 0 Å². The van der Waals surface area contributed by atoms with E-state index in [1.165, 1.54) is 24.3 Å². The minimum Gasteiger partial charge on any atom is -0.461 e. The summed E-state index contributed by atoms with van der Waals surface area (Å²) in [7, 11) is 0. The molecule has 1 atom stereocenters. The molecule has 2 aromatic carbocycles. The van der Waals surface area contributed by atoms with Crippen LogP contribution < -0.4 is 15.8 Å². The summed E-state index contributed by atoms with van der Waals surface area (Å²) in [6.45, 7) is 4.31. The third-order valence-corrected chi connectivity index (χ3v) is 9.76. The fourth-order valence-electron chi connectivity index (χ4n) is 6.53. The van der Waals surface area contributed by atoms with Crippen LogP contribution in [0.1, 0.15) is 19.3 Å². The molecule has 7 rings (SSSR count). The molecule has 3 aliphatic rings. The maximum atomic E-state index is 16.5. The van der Waals surface area contributed by atoms with Crippen LogP contribution in [0.2, 0.25) is 5.02 Å². The van der Waals surface area contributed by atoms with Gasteiger partial charge in [0.1, 0.15) is 23.8 Å². The first kappa shape index (κ1) is 29.0. The molecule has 9 nitrogen and oxygen atoms in total. The highest BCUT2D eigenvalue weighted by Crippen LogP contribution is 2.46. The number of fused-ring (bicyclic) bond motifs is 3. The smallest absolute Gasteiger partial charge is 0.319 e. The lowest BCUT2D eigenvalue weighted by Gasteiger charge is -2.39. The second-order valence-corrected chi connectivity index (χ2v) is 12.9. The zero-order valence-corrected chi connectivity index (χ0v) is 24.8. The number of aromatic nitrogens is 3. The van der Waals surface area contributed by atoms with Crippen molar-refractivity contribution >= 4 is 60.9 Å². The highest BCUT2D eigenvalue weighted by Gasteiger charge is 2.57. The number of rotatable bonds is 7. The van der Waals surface area contributed by atoms with Crippen molar-refractivity contribution in [1.82, 2.24) is 24.8 Å². The quantitative estimate of drug-likeness (QED) is 0.201. The number of amides is 1. The highest BCUT2D eigenvalue weighted by molar-refractivity contribution is 7.22. The number of nitrogens with one attached hydrogen (secondary N) is 1. The molecule has 0 saturated carbocycles. The zero-order valence-electron chi connectivity index (χ0n) is 23.2. The van der Waals surface area contributed by atoms with Gasteiger partial charge in [0.15, 0.2) is 10.9 Å². The normalized spacial score (nSPS) is 21.5. The zero-order chi connectivity index (χ0) is 31.0. The number of hydrogen-bond acceptors (Lipinski definition) is 9. The van der Waals surface area contributed by atoms with Gasteiger partial charge in [-0.1, -0.05) is 29.5 Å². The summed E-state index contributed by atoms with van der Waals surface area (Å²) in [4.78, 5) is 28.3. The molecule has 3 N–H and O–H groups in total. The number of ether oxygens (including phenoxy) is 1. The standard InChI is InChI=1S/C29H26ClF4N7O2S/c1-2-19(42)40-9-14(10-40)36-25-16-8-17(30)20(15-4-5-18(31)24-23(15)37-26(35)44-24)21(32)22(16)38-27(39-25)43-13-28-6-3-7-41(28)12-29(33,34)11-28/h2,4-5,8,14H,1,3,6-7,9-13H2,(H2,35,37)(H,36,38,39). The van der Waals surface area contributed by atoms with E-state index in [9.17, 15) is 18.0 Å². The number of alkyl halides is 2. The molecular weight excluding hydrogens is 622 g/mol. The lowest BCUT2D eigenvalue weighted by molar-refractivity contribution is -0.129. The molecule has 0 spiro atoms. The van der Waals surface area contributed by atoms with E-state index in [2.05, 4.69) is 26.8 Å². The average Bonchev–Trinajstić information content (AvgIpc) is 3.60. The highest BCUT2D eigenvalue weighted by atomic mass is 35.5. The van der Waals surface area contributed by atoms with Crippen molar-refractivity contribution in [3.8, 4) is 17.1 Å². The Labute approximate surface area is 257 Å². The first-order valence-corrected chi connectivity index (χ1v) is 15.1. The minimum absolute atomic E-state index is 0.000502. The van der Waals surface area contributed by atoms with Gasteiger partial charge in [-0.3, -0.25) is 9.69 Å². The molecule has 0 bridgehead atoms. The van der Waals surface area contributed by atoms with Gasteiger partial charge < -0.3 is 20.7 Å². The predicted octanol–water partition coefficient (Wildman–Crippen LogP) is 5.48. The number of carbonyl (C=O) groups is 1. The van der Waals surface area contributed by atoms with Crippen LogP contribution in [0.15, 0.2) is 30.9 Å². The molecule has 2 aromatic heterocycles. The Kier molecular flexibility index (Phi) is 6.86. The Hall–Kier alpha value is -3.75. The third-order valence-electron chi connectivity index (χ3n) is 8.57. The molecule has 3 aliphatic heterocycles. The molecule has 44 heavy (non-hydrogen) atoms. The maximum absolute atomic E-state index is 16.5. The van der Waals surface area contributed by atoms with Gasteiger partial charge in [0.2, 0.25) is 5.91 Å². The van der Waals surface area contributed by atoms with Crippen LogP contribution in [-0.2, 0) is 4.79 Å². The Morgan fingerprint density at radius 1 is 1.25 bits per heavy atom. The fraction of sp³-hybridized carbons (Fsp3) is 0.379. The predicted molar refractivity (Wildman–Crippen MR) is 160 cm³/mol. The van der Waals surface area contributed by atoms with Crippen molar-refractivity contribution in [1.29, 1.82) is 0 Å². The molecule has 0 aliphatic carbocycles. The SMILES string of the molecule is C=CC(=O)N1CC(Nc2nc(OCC34CCCN3CC(F)(F)C4)nc3c(F)c(-c4ccc(F)c5sc(N)nc45)c(Cl)cc23)C1. The summed E-state index contributed by atoms with van der Waals surface area (Å²) < 4.78 is 65.9. The molecule has 230 valence electrons. The van der Waals surface area contributed by atoms with Crippen LogP contribution >= 0.6 is 22.9 Å². The van der Waals surface area contributed by atoms with Gasteiger partial charge in [-0.25, -0.2) is 22.5 Å². The van der Waals surface area contributed by atoms with Gasteiger partial charge in [0.25, 0.3) is 5.92 Å². The number of hydrogen-bond donors (Lipinski definition) is 2. The van der Waals surface area contributed by atoms with Gasteiger partial charge in [-0.2, -0.15) is 9.97 Å². The van der Waals surface area contributed by atoms with E-state index >= 15 is 4.39 Å². The van der Waals surface area contributed by atoms with Crippen molar-refractivity contribution in [2.75, 3.05) is 43.8 Å². The van der Waals surface area contributed by atoms with E-state index in [0.29, 0.717) is 26.1 Å². The summed E-state index contributed by atoms with van der Waals surface area (Å²) in [6.07, 6.45) is 2.16. The number of nitrogen functional groups attached to an aromatic ring is 1. The van der Waals surface area contributed by atoms with Gasteiger partial charge >= 0.3 is 6.01 Å². The topological polar surface area (TPSA) is 110 Å². The second kappa shape index (κ2) is 10.4. The molecule has 3 saturated heterocycles. The Morgan fingerprint density at radius 3 is 2.82 bits per heavy atom. The summed E-state index contributed by atoms with van der Waals surface area (Å²) in [5, 5.41) is 3.56. The molecule has 15 heteroatoms. The number of likely N-dealkylation sites (tertiary alicyclic amines) is 1. The third kappa shape index (κ3) is 4.79. The molecule has 0 radical (unpaired) electrons. The number of anilines is 2. The van der Waals surface area contributed by atoms with E-state index in [1.54, 1.807) is 9.80 Å². The number of carbonyl (C=O) groups excluding carboxylic acids is 1. The van der Waals surface area contributed by atoms with E-state index in [0.717, 1.165) is 17.8 Å². The Balaban J connectivity index is 1.30. The van der Waals surface area contributed by atoms with Crippen molar-refractivity contribution in [2.24, 2.45) is 0 Å². The van der Waals surface area contributed by atoms with Crippen molar-refractivity contribution in [3.05, 3.63) is 47.5 Å². The summed E-state index contributed by atoms with van der Waals surface area (Å²) in [5.41, 5.74) is 5.14. The van der Waals surface area contributed by atoms with E-state index < -0.39 is 23.1 Å². The monoisotopic (exact) mass is 647 g/mol. The molecule has 5 heterocycles. The summed E-state index contributed by atoms with van der Waals surface area (Å²) in [6, 6.07) is 3.63. The van der Waals surface area contributed by atoms with E-state index in [4.69, 9.17) is 22.1 Å². The fourth-order valence-corrected chi connectivity index (χ4v) is 7.59. The Morgan fingerprint density at radius 2 is 2.05 bits per heavy atom. The minimum atomic E-state index is -2.84. The molecule has 4 aromatic rings. The average molecular weight is 648 g/mol. The van der Waals surface area contributed by atoms with E-state index in [1.807, 2.05) is 0 Å². The lowest BCUT2D eigenvalue weighted by atomic mass is 9.94. The van der Waals surface area contributed by atoms with Gasteiger partial charge in [-0.05, 0) is 43.7 Å². The first-order valence-electron chi connectivity index (χ1n) is 14.0. The van der Waals surface area contributed by atoms with Crippen LogP contribution in [0.3, 0.4) is 0 Å². The Bertz CT molecular complexity index is 1850. The van der Waals surface area contributed by atoms with Gasteiger partial charge in [0, 0.05) is 36.0 Å². The lowest BCUT2D eigenvalue weighted by Crippen LogP contribution is -2.56. The summed E-state index contributed by atoms with van der Waals surface area (Å²) in [5.74, 6) is -4.24. The molecule has 3 fully saturated rings. The van der Waals surface area contributed by atoms with Crippen molar-refractivity contribution in [3.63, 3.8) is 0 Å².